The van der Waals surface area contributed by atoms with E-state index in [2.05, 4.69) is 122 Å². The Bertz CT molecular complexity index is 3240. The first-order valence-corrected chi connectivity index (χ1v) is 33.4. The number of amides is 2. The maximum absolute atomic E-state index is 14.3. The maximum Gasteiger partial charge on any atom is 0.258 e. The molecular weight excluding hydrogens is 1050 g/mol. The number of carbonyl (C=O) groups excluding carboxylic acids is 2. The molecule has 10 rings (SSSR count). The molecule has 73 heavy (non-hydrogen) atoms. The number of thiophene rings is 8. The van der Waals surface area contributed by atoms with E-state index in [0.717, 1.165) is 61.1 Å². The Morgan fingerprint density at radius 1 is 0.329 bits per heavy atom. The molecule has 0 saturated heterocycles. The van der Waals surface area contributed by atoms with Crippen molar-refractivity contribution >= 4 is 114 Å². The van der Waals surface area contributed by atoms with Crippen LogP contribution >= 0.6 is 90.7 Å². The fourth-order valence-electron chi connectivity index (χ4n) is 10.1. The van der Waals surface area contributed by atoms with Crippen LogP contribution in [-0.2, 0) is 35.3 Å². The molecule has 12 heteroatoms. The lowest BCUT2D eigenvalue weighted by molar-refractivity contribution is -0.117. The number of fused-ring (bicyclic) bond motifs is 1. The lowest BCUT2D eigenvalue weighted by atomic mass is 10.0. The monoisotopic (exact) mass is 1110 g/mol. The number of nitrogens with one attached hydrogen (secondary N) is 2. The molecular formula is C61H66N2O2S8. The zero-order valence-corrected chi connectivity index (χ0v) is 49.1. The van der Waals surface area contributed by atoms with E-state index in [1.807, 2.05) is 68.0 Å². The molecule has 2 aliphatic rings. The van der Waals surface area contributed by atoms with Crippen LogP contribution in [-0.4, -0.2) is 11.8 Å². The van der Waals surface area contributed by atoms with Gasteiger partial charge in [0, 0.05) is 58.5 Å². The summed E-state index contributed by atoms with van der Waals surface area (Å²) in [4.78, 5) is 46.1. The molecule has 8 aromatic rings. The Labute approximate surface area is 465 Å². The molecule has 0 bridgehead atoms. The second kappa shape index (κ2) is 24.8. The predicted octanol–water partition coefficient (Wildman–Crippen LogP) is 20.7. The fourth-order valence-corrected chi connectivity index (χ4v) is 19.3. The molecule has 0 atom stereocenters. The van der Waals surface area contributed by atoms with E-state index >= 15 is 0 Å². The van der Waals surface area contributed by atoms with Crippen molar-refractivity contribution in [1.82, 2.24) is 10.6 Å². The molecule has 0 spiro atoms. The molecule has 0 aromatic carbocycles. The number of hydrogen-bond donors (Lipinski definition) is 2. The van der Waals surface area contributed by atoms with E-state index in [4.69, 9.17) is 0 Å². The smallest absolute Gasteiger partial charge is 0.258 e. The van der Waals surface area contributed by atoms with Gasteiger partial charge in [0.15, 0.2) is 0 Å². The summed E-state index contributed by atoms with van der Waals surface area (Å²) in [5.41, 5.74) is 7.79. The van der Waals surface area contributed by atoms with Crippen LogP contribution in [0.25, 0.3) is 69.9 Å². The predicted molar refractivity (Wildman–Crippen MR) is 325 cm³/mol. The van der Waals surface area contributed by atoms with Gasteiger partial charge in [-0.05, 0) is 157 Å². The third-order valence-corrected chi connectivity index (χ3v) is 23.8. The standard InChI is InChI=1S/C61H66N2O2S8/c1-5-9-13-17-20-38-32-34-66-56(38)46-28-24-42(68-46)44-26-30-48(70-44)58-40(22-16-12-8-4)36-50(72-58)54-52-53(61(65)62-54)55(63-60(52)64)51-37-41(23-19-15-11-7-3)59(73-51)49-31-27-45(71-49)43-25-29-47(69-43)57-39(33-35-67-57)21-18-14-10-6-2/h24-37H,5-23H2,1-4H3,(H,62,65)(H,63,64). The summed E-state index contributed by atoms with van der Waals surface area (Å²) in [7, 11) is 0. The minimum atomic E-state index is -0.205. The van der Waals surface area contributed by atoms with Crippen LogP contribution in [0.5, 0.6) is 0 Å². The van der Waals surface area contributed by atoms with Gasteiger partial charge >= 0.3 is 0 Å². The molecule has 2 aliphatic heterocycles. The van der Waals surface area contributed by atoms with Crippen LogP contribution in [0.2, 0.25) is 0 Å². The van der Waals surface area contributed by atoms with Crippen molar-refractivity contribution in [2.45, 2.75) is 150 Å². The van der Waals surface area contributed by atoms with Gasteiger partial charge in [0.05, 0.1) is 32.3 Å². The van der Waals surface area contributed by atoms with Crippen molar-refractivity contribution in [1.29, 1.82) is 0 Å². The van der Waals surface area contributed by atoms with Crippen molar-refractivity contribution in [3.05, 3.63) is 127 Å². The molecule has 0 radical (unpaired) electrons. The lowest BCUT2D eigenvalue weighted by Gasteiger charge is -2.04. The summed E-state index contributed by atoms with van der Waals surface area (Å²) < 4.78 is 0. The van der Waals surface area contributed by atoms with Gasteiger partial charge in [-0.2, -0.15) is 0 Å². The zero-order chi connectivity index (χ0) is 50.3. The van der Waals surface area contributed by atoms with Gasteiger partial charge in [0.2, 0.25) is 0 Å². The highest BCUT2D eigenvalue weighted by molar-refractivity contribution is 7.29. The molecule has 4 nitrogen and oxygen atoms in total. The highest BCUT2D eigenvalue weighted by Crippen LogP contribution is 2.50. The van der Waals surface area contributed by atoms with Crippen LogP contribution in [0.1, 0.15) is 156 Å². The van der Waals surface area contributed by atoms with E-state index < -0.39 is 0 Å². The Morgan fingerprint density at radius 3 is 1.01 bits per heavy atom. The molecule has 380 valence electrons. The summed E-state index contributed by atoms with van der Waals surface area (Å²) in [6.45, 7) is 9.05. The SMILES string of the molecule is CCCCCCc1ccsc1-c1ccc(-c2ccc(-c3sc(C4=C5C(=O)NC(c6cc(CCCCCC)c(-c7ccc(-c8ccc(-c9sccc9CCCCCC)s8)s7)s6)=C5C(=O)N4)cc3CCCCC)s2)s1. The number of rotatable bonds is 27. The van der Waals surface area contributed by atoms with Gasteiger partial charge in [0.25, 0.3) is 11.8 Å². The average Bonchev–Trinajstić information content (AvgIpc) is 4.22. The second-order valence-electron chi connectivity index (χ2n) is 19.4. The second-order valence-corrected chi connectivity index (χ2v) is 27.7. The van der Waals surface area contributed by atoms with Crippen LogP contribution in [0.15, 0.2) is 94.7 Å². The maximum atomic E-state index is 14.3. The quantitative estimate of drug-likeness (QED) is 0.0504. The van der Waals surface area contributed by atoms with Crippen molar-refractivity contribution in [3.8, 4) is 58.5 Å². The van der Waals surface area contributed by atoms with Gasteiger partial charge in [-0.15, -0.1) is 90.7 Å². The normalized spacial score (nSPS) is 13.6. The minimum Gasteiger partial charge on any atom is -0.320 e. The van der Waals surface area contributed by atoms with Gasteiger partial charge in [0.1, 0.15) is 0 Å². The van der Waals surface area contributed by atoms with Crippen molar-refractivity contribution in [3.63, 3.8) is 0 Å². The minimum absolute atomic E-state index is 0.205. The molecule has 0 unspecified atom stereocenters. The number of carbonyl (C=O) groups is 2. The van der Waals surface area contributed by atoms with E-state index in [-0.39, 0.29) is 11.8 Å². The van der Waals surface area contributed by atoms with Gasteiger partial charge in [-0.3, -0.25) is 9.59 Å². The molecule has 8 aromatic heterocycles. The highest BCUT2D eigenvalue weighted by Gasteiger charge is 2.42. The largest absolute Gasteiger partial charge is 0.320 e. The molecule has 10 heterocycles. The van der Waals surface area contributed by atoms with Crippen LogP contribution in [0.4, 0.5) is 0 Å². The van der Waals surface area contributed by atoms with Crippen molar-refractivity contribution < 1.29 is 9.59 Å². The Morgan fingerprint density at radius 2 is 0.644 bits per heavy atom. The molecule has 2 amide bonds. The first-order chi connectivity index (χ1) is 35.8. The first-order valence-electron chi connectivity index (χ1n) is 26.8. The number of unbranched alkanes of at least 4 members (excludes halogenated alkanes) is 11. The molecule has 0 saturated carbocycles. The van der Waals surface area contributed by atoms with E-state index in [9.17, 15) is 9.59 Å². The molecule has 0 fully saturated rings. The fraction of sp³-hybridized carbons (Fsp3) is 0.377. The highest BCUT2D eigenvalue weighted by atomic mass is 32.1. The van der Waals surface area contributed by atoms with Crippen molar-refractivity contribution in [2.24, 2.45) is 0 Å². The third-order valence-electron chi connectivity index (χ3n) is 14.0. The Kier molecular flexibility index (Phi) is 17.8. The number of hydrogen-bond acceptors (Lipinski definition) is 10. The summed E-state index contributed by atoms with van der Waals surface area (Å²) in [5, 5.41) is 11.0. The molecule has 2 N–H and O–H groups in total. The molecule has 0 aliphatic carbocycles. The van der Waals surface area contributed by atoms with Crippen LogP contribution < -0.4 is 10.6 Å². The summed E-state index contributed by atoms with van der Waals surface area (Å²) in [6.07, 6.45) is 22.5. The zero-order valence-electron chi connectivity index (χ0n) is 42.6. The van der Waals surface area contributed by atoms with Crippen LogP contribution in [0, 0.1) is 0 Å². The topological polar surface area (TPSA) is 58.2 Å². The van der Waals surface area contributed by atoms with Gasteiger partial charge in [-0.25, -0.2) is 0 Å². The summed E-state index contributed by atoms with van der Waals surface area (Å²) in [5.74, 6) is -0.410. The van der Waals surface area contributed by atoms with Crippen molar-refractivity contribution in [2.75, 3.05) is 0 Å². The summed E-state index contributed by atoms with van der Waals surface area (Å²) in [6, 6.07) is 27.5. The van der Waals surface area contributed by atoms with Gasteiger partial charge in [-0.1, -0.05) is 98.3 Å². The van der Waals surface area contributed by atoms with E-state index in [1.165, 1.54) is 151 Å². The first kappa shape index (κ1) is 52.5. The van der Waals surface area contributed by atoms with Gasteiger partial charge < -0.3 is 10.6 Å². The summed E-state index contributed by atoms with van der Waals surface area (Å²) >= 11 is 14.7. The Balaban J connectivity index is 0.930. The number of aryl methyl sites for hydroxylation is 4. The Hall–Kier alpha value is -3.98. The third kappa shape index (κ3) is 11.7. The van der Waals surface area contributed by atoms with Crippen LogP contribution in [0.3, 0.4) is 0 Å². The van der Waals surface area contributed by atoms with E-state index in [0.29, 0.717) is 22.5 Å². The average molecular weight is 1120 g/mol. The lowest BCUT2D eigenvalue weighted by Crippen LogP contribution is -2.20. The van der Waals surface area contributed by atoms with E-state index in [1.54, 1.807) is 22.7 Å².